The summed E-state index contributed by atoms with van der Waals surface area (Å²) in [5.41, 5.74) is 0.653. The average molecular weight is 236 g/mol. The van der Waals surface area contributed by atoms with E-state index in [9.17, 15) is 14.4 Å². The van der Waals surface area contributed by atoms with Gasteiger partial charge in [-0.15, -0.1) is 0 Å². The van der Waals surface area contributed by atoms with Crippen LogP contribution in [0.4, 0.5) is 5.69 Å². The third kappa shape index (κ3) is 2.06. The Bertz CT molecular complexity index is 535. The lowest BCUT2D eigenvalue weighted by Gasteiger charge is -2.15. The molecule has 6 nitrogen and oxygen atoms in total. The summed E-state index contributed by atoms with van der Waals surface area (Å²) in [5, 5.41) is 8.85. The fourth-order valence-electron chi connectivity index (χ4n) is 1.88. The van der Waals surface area contributed by atoms with E-state index in [1.54, 1.807) is 19.2 Å². The summed E-state index contributed by atoms with van der Waals surface area (Å²) < 4.78 is 0. The van der Waals surface area contributed by atoms with Crippen LogP contribution in [0.5, 0.6) is 0 Å². The van der Waals surface area contributed by atoms with Crippen molar-refractivity contribution in [1.29, 1.82) is 0 Å². The van der Waals surface area contributed by atoms with Crippen molar-refractivity contribution in [3.05, 3.63) is 28.2 Å². The van der Waals surface area contributed by atoms with E-state index in [0.717, 1.165) is 5.56 Å². The van der Waals surface area contributed by atoms with Crippen molar-refractivity contribution in [3.8, 4) is 0 Å². The molecular formula is C11H12N2O4. The number of aromatic nitrogens is 1. The summed E-state index contributed by atoms with van der Waals surface area (Å²) in [6.07, 6.45) is 1.49. The van der Waals surface area contributed by atoms with Gasteiger partial charge in [-0.3, -0.25) is 14.4 Å². The van der Waals surface area contributed by atoms with Crippen molar-refractivity contribution in [2.75, 3.05) is 11.4 Å². The second kappa shape index (κ2) is 4.04. The molecule has 0 radical (unpaired) electrons. The molecule has 2 rings (SSSR count). The fraction of sp³-hybridized carbons (Fsp3) is 0.364. The molecule has 2 N–H and O–H groups in total. The van der Waals surface area contributed by atoms with Crippen LogP contribution < -0.4 is 10.5 Å². The van der Waals surface area contributed by atoms with Crippen LogP contribution in [0.3, 0.4) is 0 Å². The van der Waals surface area contributed by atoms with Crippen LogP contribution in [-0.4, -0.2) is 28.5 Å². The van der Waals surface area contributed by atoms with Gasteiger partial charge in [-0.05, 0) is 18.6 Å². The fourth-order valence-corrected chi connectivity index (χ4v) is 1.88. The van der Waals surface area contributed by atoms with E-state index in [4.69, 9.17) is 5.11 Å². The first-order chi connectivity index (χ1) is 7.99. The van der Waals surface area contributed by atoms with Gasteiger partial charge in [-0.1, -0.05) is 0 Å². The van der Waals surface area contributed by atoms with Gasteiger partial charge in [0.15, 0.2) is 0 Å². The van der Waals surface area contributed by atoms with E-state index in [0.29, 0.717) is 0 Å². The first kappa shape index (κ1) is 11.4. The number of nitrogens with one attached hydrogen (secondary N) is 1. The zero-order valence-electron chi connectivity index (χ0n) is 9.27. The van der Waals surface area contributed by atoms with Gasteiger partial charge in [0.1, 0.15) is 5.69 Å². The predicted molar refractivity (Wildman–Crippen MR) is 59.9 cm³/mol. The normalized spacial score (nSPS) is 19.7. The van der Waals surface area contributed by atoms with E-state index in [1.807, 2.05) is 0 Å². The minimum atomic E-state index is -1.01. The zero-order valence-corrected chi connectivity index (χ0v) is 9.27. The number of nitrogens with zero attached hydrogens (tertiary/aromatic N) is 1. The molecule has 1 aliphatic heterocycles. The first-order valence-corrected chi connectivity index (χ1v) is 5.21. The van der Waals surface area contributed by atoms with E-state index < -0.39 is 11.9 Å². The number of carbonyl (C=O) groups is 2. The molecule has 1 aromatic rings. The molecule has 1 atom stereocenters. The Labute approximate surface area is 96.9 Å². The second-order valence-corrected chi connectivity index (χ2v) is 4.14. The Morgan fingerprint density at radius 3 is 2.82 bits per heavy atom. The zero-order chi connectivity index (χ0) is 12.6. The summed E-state index contributed by atoms with van der Waals surface area (Å²) in [6.45, 7) is 1.84. The molecule has 0 aromatic carbocycles. The predicted octanol–water partition coefficient (Wildman–Crippen LogP) is 0.121. The highest BCUT2D eigenvalue weighted by atomic mass is 16.4. The van der Waals surface area contributed by atoms with Gasteiger partial charge in [0.25, 0.3) is 5.56 Å². The van der Waals surface area contributed by atoms with E-state index in [2.05, 4.69) is 4.98 Å². The number of aryl methyl sites for hydroxylation is 1. The molecular weight excluding hydrogens is 224 g/mol. The van der Waals surface area contributed by atoms with Crippen LogP contribution in [-0.2, 0) is 9.59 Å². The summed E-state index contributed by atoms with van der Waals surface area (Å²) in [7, 11) is 0. The molecule has 0 bridgehead atoms. The molecule has 0 saturated carbocycles. The third-order valence-corrected chi connectivity index (χ3v) is 2.79. The molecule has 6 heteroatoms. The highest BCUT2D eigenvalue weighted by Gasteiger charge is 2.36. The van der Waals surface area contributed by atoms with Crippen molar-refractivity contribution in [2.45, 2.75) is 13.3 Å². The molecule has 1 amide bonds. The molecule has 0 aliphatic carbocycles. The molecule has 90 valence electrons. The molecule has 1 fully saturated rings. The van der Waals surface area contributed by atoms with Gasteiger partial charge in [-0.25, -0.2) is 0 Å². The van der Waals surface area contributed by atoms with Crippen LogP contribution in [0.1, 0.15) is 12.0 Å². The van der Waals surface area contributed by atoms with Crippen LogP contribution >= 0.6 is 0 Å². The summed E-state index contributed by atoms with van der Waals surface area (Å²) in [6, 6.07) is 1.58. The molecule has 1 saturated heterocycles. The van der Waals surface area contributed by atoms with E-state index >= 15 is 0 Å². The minimum absolute atomic E-state index is 0.0529. The average Bonchev–Trinajstić information content (AvgIpc) is 2.64. The van der Waals surface area contributed by atoms with Crippen molar-refractivity contribution in [1.82, 2.24) is 4.98 Å². The van der Waals surface area contributed by atoms with E-state index in [1.165, 1.54) is 4.90 Å². The molecule has 1 unspecified atom stereocenters. The van der Waals surface area contributed by atoms with E-state index in [-0.39, 0.29) is 30.1 Å². The number of rotatable bonds is 2. The van der Waals surface area contributed by atoms with Crippen LogP contribution in [0.25, 0.3) is 0 Å². The third-order valence-electron chi connectivity index (χ3n) is 2.79. The topological polar surface area (TPSA) is 90.5 Å². The molecule has 1 aromatic heterocycles. The maximum absolute atomic E-state index is 11.7. The van der Waals surface area contributed by atoms with Crippen LogP contribution in [0, 0.1) is 12.8 Å². The van der Waals surface area contributed by atoms with Crippen molar-refractivity contribution >= 4 is 17.6 Å². The lowest BCUT2D eigenvalue weighted by atomic mass is 10.1. The molecule has 1 aliphatic rings. The highest BCUT2D eigenvalue weighted by Crippen LogP contribution is 2.22. The monoisotopic (exact) mass is 236 g/mol. The Morgan fingerprint density at radius 2 is 2.24 bits per heavy atom. The van der Waals surface area contributed by atoms with Crippen LogP contribution in [0.15, 0.2) is 17.1 Å². The van der Waals surface area contributed by atoms with Crippen molar-refractivity contribution in [3.63, 3.8) is 0 Å². The quantitative estimate of drug-likeness (QED) is 0.763. The van der Waals surface area contributed by atoms with Crippen LogP contribution in [0.2, 0.25) is 0 Å². The minimum Gasteiger partial charge on any atom is -0.481 e. The Morgan fingerprint density at radius 1 is 1.53 bits per heavy atom. The lowest BCUT2D eigenvalue weighted by molar-refractivity contribution is -0.141. The maximum Gasteiger partial charge on any atom is 0.308 e. The molecule has 0 spiro atoms. The number of anilines is 1. The van der Waals surface area contributed by atoms with Gasteiger partial charge in [-0.2, -0.15) is 0 Å². The second-order valence-electron chi connectivity index (χ2n) is 4.14. The number of H-pyrrole nitrogens is 1. The summed E-state index contributed by atoms with van der Waals surface area (Å²) in [4.78, 5) is 37.8. The van der Waals surface area contributed by atoms with Crippen molar-refractivity contribution < 1.29 is 14.7 Å². The van der Waals surface area contributed by atoms with Crippen molar-refractivity contribution in [2.24, 2.45) is 5.92 Å². The smallest absolute Gasteiger partial charge is 0.308 e. The van der Waals surface area contributed by atoms with Gasteiger partial charge in [0, 0.05) is 19.2 Å². The number of hydrogen-bond acceptors (Lipinski definition) is 3. The van der Waals surface area contributed by atoms with Gasteiger partial charge >= 0.3 is 5.97 Å². The number of amides is 1. The number of carboxylic acids is 1. The summed E-state index contributed by atoms with van der Waals surface area (Å²) >= 11 is 0. The Hall–Kier alpha value is -2.11. The highest BCUT2D eigenvalue weighted by molar-refractivity contribution is 5.99. The number of hydrogen-bond donors (Lipinski definition) is 2. The van der Waals surface area contributed by atoms with Gasteiger partial charge < -0.3 is 15.0 Å². The SMILES string of the molecule is Cc1c[nH]c(=O)c(N2CC(C(=O)O)CC2=O)c1. The maximum atomic E-state index is 11.7. The number of aliphatic carboxylic acids is 1. The molecule has 2 heterocycles. The molecule has 17 heavy (non-hydrogen) atoms. The number of carbonyl (C=O) groups excluding carboxylic acids is 1. The number of aromatic amines is 1. The summed E-state index contributed by atoms with van der Waals surface area (Å²) in [5.74, 6) is -2.07. The largest absolute Gasteiger partial charge is 0.481 e. The number of carboxylic acid groups (broad SMARTS) is 1. The van der Waals surface area contributed by atoms with Gasteiger partial charge in [0.05, 0.1) is 5.92 Å². The lowest BCUT2D eigenvalue weighted by Crippen LogP contribution is -2.31. The number of pyridine rings is 1. The van der Waals surface area contributed by atoms with Gasteiger partial charge in [0.2, 0.25) is 5.91 Å². The standard InChI is InChI=1S/C11H12N2O4/c1-6-2-8(10(15)12-4-6)13-5-7(11(16)17)3-9(13)14/h2,4,7H,3,5H2,1H3,(H,12,15)(H,16,17). The Balaban J connectivity index is 2.35. The first-order valence-electron chi connectivity index (χ1n) is 5.21. The Kier molecular flexibility index (Phi) is 2.71.